The number of esters is 1. The van der Waals surface area contributed by atoms with Gasteiger partial charge in [0, 0.05) is 13.5 Å². The molecule has 1 fully saturated rings. The monoisotopic (exact) mass is 470 g/mol. The summed E-state index contributed by atoms with van der Waals surface area (Å²) in [6, 6.07) is 9.35. The van der Waals surface area contributed by atoms with Gasteiger partial charge in [0.05, 0.1) is 11.1 Å². The molecule has 0 spiro atoms. The fourth-order valence-corrected chi connectivity index (χ4v) is 3.89. The minimum atomic E-state index is -1.06. The third-order valence-electron chi connectivity index (χ3n) is 5.15. The number of phenols is 1. The number of hydrogen-bond acceptors (Lipinski definition) is 7. The molecule has 0 amide bonds. The van der Waals surface area contributed by atoms with Crippen LogP contribution in [-0.2, 0) is 20.8 Å². The van der Waals surface area contributed by atoms with E-state index in [2.05, 4.69) is 0 Å². The largest absolute Gasteiger partial charge is 0.505 e. The summed E-state index contributed by atoms with van der Waals surface area (Å²) in [5, 5.41) is 20.8. The van der Waals surface area contributed by atoms with E-state index in [0.717, 1.165) is 5.56 Å². The zero-order chi connectivity index (χ0) is 22.7. The Morgan fingerprint density at radius 1 is 1.23 bits per heavy atom. The molecule has 7 nitrogen and oxygen atoms in total. The second kappa shape index (κ2) is 10.1. The van der Waals surface area contributed by atoms with E-state index in [-0.39, 0.29) is 39.9 Å². The number of aromatic hydroxyl groups is 1. The van der Waals surface area contributed by atoms with E-state index in [0.29, 0.717) is 0 Å². The molecule has 1 aliphatic rings. The maximum atomic E-state index is 12.9. The zero-order valence-electron chi connectivity index (χ0n) is 17.3. The SMILES string of the molecule is CO[C@@H]1C[C@@H](OC(=O)c2c(C)c(Cl)c(OCc3ccccc3)c(Cl)c2O)[C@H](O)[C@@H](C)O1. The van der Waals surface area contributed by atoms with Gasteiger partial charge >= 0.3 is 5.97 Å². The molecule has 3 rings (SSSR count). The van der Waals surface area contributed by atoms with E-state index in [1.807, 2.05) is 30.3 Å². The van der Waals surface area contributed by atoms with Gasteiger partial charge in [0.15, 0.2) is 17.8 Å². The third-order valence-corrected chi connectivity index (χ3v) is 5.96. The van der Waals surface area contributed by atoms with Gasteiger partial charge in [0.2, 0.25) is 0 Å². The van der Waals surface area contributed by atoms with E-state index in [4.69, 9.17) is 42.1 Å². The topological polar surface area (TPSA) is 94.5 Å². The number of methoxy groups -OCH3 is 1. The molecule has 1 aliphatic heterocycles. The van der Waals surface area contributed by atoms with Crippen LogP contribution in [0.1, 0.15) is 34.8 Å². The Kier molecular flexibility index (Phi) is 7.67. The minimum Gasteiger partial charge on any atom is -0.505 e. The first-order valence-corrected chi connectivity index (χ1v) is 10.4. The lowest BCUT2D eigenvalue weighted by Crippen LogP contribution is -2.49. The van der Waals surface area contributed by atoms with Crippen LogP contribution in [0, 0.1) is 6.92 Å². The maximum absolute atomic E-state index is 12.9. The first-order chi connectivity index (χ1) is 14.7. The summed E-state index contributed by atoms with van der Waals surface area (Å²) >= 11 is 12.7. The van der Waals surface area contributed by atoms with Crippen LogP contribution in [0.5, 0.6) is 11.5 Å². The molecular weight excluding hydrogens is 447 g/mol. The number of phenolic OH excluding ortho intramolecular Hbond substituents is 1. The van der Waals surface area contributed by atoms with Gasteiger partial charge in [-0.2, -0.15) is 0 Å². The first kappa shape index (κ1) is 23.6. The number of rotatable bonds is 6. The summed E-state index contributed by atoms with van der Waals surface area (Å²) < 4.78 is 21.8. The van der Waals surface area contributed by atoms with Crippen molar-refractivity contribution in [2.24, 2.45) is 0 Å². The van der Waals surface area contributed by atoms with Gasteiger partial charge in [-0.25, -0.2) is 4.79 Å². The van der Waals surface area contributed by atoms with Crippen molar-refractivity contribution in [1.82, 2.24) is 0 Å². The molecular formula is C22H24Cl2O7. The van der Waals surface area contributed by atoms with Gasteiger partial charge in [0.1, 0.15) is 29.4 Å². The lowest BCUT2D eigenvalue weighted by atomic mass is 10.0. The van der Waals surface area contributed by atoms with E-state index in [1.165, 1.54) is 7.11 Å². The molecule has 1 heterocycles. The van der Waals surface area contributed by atoms with E-state index >= 15 is 0 Å². The molecule has 9 heteroatoms. The molecule has 2 N–H and O–H groups in total. The van der Waals surface area contributed by atoms with Crippen LogP contribution in [0.3, 0.4) is 0 Å². The molecule has 0 radical (unpaired) electrons. The smallest absolute Gasteiger partial charge is 0.342 e. The van der Waals surface area contributed by atoms with Crippen molar-refractivity contribution < 1.29 is 34.0 Å². The van der Waals surface area contributed by atoms with Crippen molar-refractivity contribution in [3.05, 3.63) is 57.1 Å². The van der Waals surface area contributed by atoms with Crippen molar-refractivity contribution in [2.45, 2.75) is 51.5 Å². The Morgan fingerprint density at radius 2 is 1.90 bits per heavy atom. The van der Waals surface area contributed by atoms with Crippen LogP contribution in [0.2, 0.25) is 10.0 Å². The van der Waals surface area contributed by atoms with E-state index < -0.39 is 36.3 Å². The number of ether oxygens (including phenoxy) is 4. The first-order valence-electron chi connectivity index (χ1n) is 9.69. The van der Waals surface area contributed by atoms with Crippen LogP contribution in [0.25, 0.3) is 0 Å². The van der Waals surface area contributed by atoms with Gasteiger partial charge in [0.25, 0.3) is 0 Å². The second-order valence-electron chi connectivity index (χ2n) is 7.26. The van der Waals surface area contributed by atoms with Crippen LogP contribution in [0.4, 0.5) is 0 Å². The summed E-state index contributed by atoms with van der Waals surface area (Å²) in [4.78, 5) is 12.9. The predicted molar refractivity (Wildman–Crippen MR) is 115 cm³/mol. The quantitative estimate of drug-likeness (QED) is 0.609. The average molecular weight is 471 g/mol. The molecule has 0 aliphatic carbocycles. The number of hydrogen-bond donors (Lipinski definition) is 2. The Balaban J connectivity index is 1.83. The van der Waals surface area contributed by atoms with Gasteiger partial charge in [-0.15, -0.1) is 0 Å². The van der Waals surface area contributed by atoms with Crippen LogP contribution >= 0.6 is 23.2 Å². The Bertz CT molecular complexity index is 906. The van der Waals surface area contributed by atoms with E-state index in [1.54, 1.807) is 13.8 Å². The van der Waals surface area contributed by atoms with Gasteiger partial charge < -0.3 is 29.2 Å². The summed E-state index contributed by atoms with van der Waals surface area (Å²) in [6.45, 7) is 3.37. The molecule has 0 saturated carbocycles. The summed E-state index contributed by atoms with van der Waals surface area (Å²) in [6.07, 6.45) is -3.06. The van der Waals surface area contributed by atoms with Crippen molar-refractivity contribution in [3.8, 4) is 11.5 Å². The van der Waals surface area contributed by atoms with Crippen LogP contribution < -0.4 is 4.74 Å². The summed E-state index contributed by atoms with van der Waals surface area (Å²) in [7, 11) is 1.46. The number of aliphatic hydroxyl groups excluding tert-OH is 1. The Hall–Kier alpha value is -2.03. The second-order valence-corrected chi connectivity index (χ2v) is 8.01. The molecule has 31 heavy (non-hydrogen) atoms. The molecule has 2 aromatic carbocycles. The molecule has 0 bridgehead atoms. The van der Waals surface area contributed by atoms with Gasteiger partial charge in [-0.05, 0) is 25.0 Å². The number of carbonyl (C=O) groups excluding carboxylic acids is 1. The van der Waals surface area contributed by atoms with Gasteiger partial charge in [-0.1, -0.05) is 53.5 Å². The predicted octanol–water partition coefficient (Wildman–Crippen LogP) is 4.25. The summed E-state index contributed by atoms with van der Waals surface area (Å²) in [5.41, 5.74) is 0.933. The molecule has 0 aromatic heterocycles. The van der Waals surface area contributed by atoms with Crippen molar-refractivity contribution >= 4 is 29.2 Å². The van der Waals surface area contributed by atoms with Crippen LogP contribution in [-0.4, -0.2) is 47.9 Å². The number of benzene rings is 2. The number of halogens is 2. The molecule has 1 saturated heterocycles. The minimum absolute atomic E-state index is 0.0675. The lowest BCUT2D eigenvalue weighted by Gasteiger charge is -2.36. The lowest BCUT2D eigenvalue weighted by molar-refractivity contribution is -0.236. The Labute approximate surface area is 190 Å². The normalized spacial score (nSPS) is 23.4. The standard InChI is InChI=1S/C22H24Cl2O7/c1-11-16(22(27)31-14-9-15(28-3)30-12(2)19(14)25)20(26)18(24)21(17(11)23)29-10-13-7-5-4-6-8-13/h4-8,12,14-15,19,25-26H,9-10H2,1-3H3/t12-,14-,15+,19-/m1/s1. The molecule has 168 valence electrons. The highest BCUT2D eigenvalue weighted by molar-refractivity contribution is 6.39. The van der Waals surface area contributed by atoms with Crippen molar-refractivity contribution in [3.63, 3.8) is 0 Å². The van der Waals surface area contributed by atoms with Crippen LogP contribution in [0.15, 0.2) is 30.3 Å². The number of aliphatic hydroxyl groups is 1. The Morgan fingerprint density at radius 3 is 2.55 bits per heavy atom. The molecule has 4 atom stereocenters. The van der Waals surface area contributed by atoms with Gasteiger partial charge in [-0.3, -0.25) is 0 Å². The highest BCUT2D eigenvalue weighted by Crippen LogP contribution is 2.45. The molecule has 2 aromatic rings. The summed E-state index contributed by atoms with van der Waals surface area (Å²) in [5.74, 6) is -1.31. The van der Waals surface area contributed by atoms with Crippen molar-refractivity contribution in [1.29, 1.82) is 0 Å². The van der Waals surface area contributed by atoms with E-state index in [9.17, 15) is 15.0 Å². The fourth-order valence-electron chi connectivity index (χ4n) is 3.35. The highest BCUT2D eigenvalue weighted by Gasteiger charge is 2.39. The molecule has 0 unspecified atom stereocenters. The number of carbonyl (C=O) groups is 1. The highest BCUT2D eigenvalue weighted by atomic mass is 35.5. The third kappa shape index (κ3) is 5.07. The van der Waals surface area contributed by atoms with Crippen molar-refractivity contribution in [2.75, 3.05) is 7.11 Å². The zero-order valence-corrected chi connectivity index (χ0v) is 18.8. The fraction of sp³-hybridized carbons (Fsp3) is 0.409. The maximum Gasteiger partial charge on any atom is 0.342 e. The average Bonchev–Trinajstić information content (AvgIpc) is 2.76.